The van der Waals surface area contributed by atoms with E-state index in [2.05, 4.69) is 0 Å². The molecule has 0 heterocycles. The lowest BCUT2D eigenvalue weighted by Gasteiger charge is -2.35. The lowest BCUT2D eigenvalue weighted by Crippen LogP contribution is -2.46. The first-order chi connectivity index (χ1) is 8.71. The molecule has 3 nitrogen and oxygen atoms in total. The molecule has 1 rings (SSSR count). The van der Waals surface area contributed by atoms with Crippen LogP contribution in [0, 0.1) is 5.82 Å². The average molecular weight is 282 g/mol. The van der Waals surface area contributed by atoms with Gasteiger partial charge < -0.3 is 10.6 Å². The summed E-state index contributed by atoms with van der Waals surface area (Å²) in [6.07, 6.45) is 0.452. The molecule has 0 aliphatic carbocycles. The van der Waals surface area contributed by atoms with Crippen LogP contribution >= 0.6 is 12.2 Å². The molecule has 0 bridgehead atoms. The fraction of sp³-hybridized carbons (Fsp3) is 0.429. The summed E-state index contributed by atoms with van der Waals surface area (Å²) >= 11 is 4.84. The Hall–Kier alpha value is -1.49. The predicted octanol–water partition coefficient (Wildman–Crippen LogP) is 2.74. The number of carbonyl (C=O) groups is 1. The van der Waals surface area contributed by atoms with Gasteiger partial charge in [-0.05, 0) is 39.0 Å². The summed E-state index contributed by atoms with van der Waals surface area (Å²) in [7, 11) is 0. The maximum atomic E-state index is 13.2. The van der Waals surface area contributed by atoms with Crippen LogP contribution in [0.2, 0.25) is 0 Å². The predicted molar refractivity (Wildman–Crippen MR) is 78.6 cm³/mol. The molecule has 1 aromatic rings. The van der Waals surface area contributed by atoms with Crippen molar-refractivity contribution in [3.63, 3.8) is 0 Å². The number of carbonyl (C=O) groups excluding carboxylic acids is 1. The molecule has 0 atom stereocenters. The Bertz CT molecular complexity index is 483. The summed E-state index contributed by atoms with van der Waals surface area (Å²) in [4.78, 5) is 14.4. The normalized spacial score (nSPS) is 11.2. The van der Waals surface area contributed by atoms with Crippen LogP contribution in [0.15, 0.2) is 24.3 Å². The number of rotatable bonds is 4. The minimum absolute atomic E-state index is 0.219. The zero-order valence-corrected chi connectivity index (χ0v) is 12.3. The van der Waals surface area contributed by atoms with Gasteiger partial charge in [0.05, 0.1) is 4.99 Å². The molecule has 104 valence electrons. The van der Waals surface area contributed by atoms with Gasteiger partial charge in [0, 0.05) is 24.1 Å². The van der Waals surface area contributed by atoms with Gasteiger partial charge in [0.15, 0.2) is 0 Å². The quantitative estimate of drug-likeness (QED) is 0.864. The topological polar surface area (TPSA) is 46.3 Å². The summed E-state index contributed by atoms with van der Waals surface area (Å²) in [5.74, 6) is -0.641. The van der Waals surface area contributed by atoms with E-state index in [9.17, 15) is 9.18 Å². The van der Waals surface area contributed by atoms with Crippen LogP contribution in [0.1, 0.15) is 37.6 Å². The van der Waals surface area contributed by atoms with Crippen LogP contribution in [-0.4, -0.2) is 27.9 Å². The van der Waals surface area contributed by atoms with Gasteiger partial charge in [-0.2, -0.15) is 0 Å². The Morgan fingerprint density at radius 3 is 2.53 bits per heavy atom. The van der Waals surface area contributed by atoms with Crippen LogP contribution < -0.4 is 5.73 Å². The average Bonchev–Trinajstić information content (AvgIpc) is 2.26. The van der Waals surface area contributed by atoms with Crippen molar-refractivity contribution in [3.05, 3.63) is 35.6 Å². The molecular weight excluding hydrogens is 263 g/mol. The fourth-order valence-corrected chi connectivity index (χ4v) is 1.83. The Labute approximate surface area is 118 Å². The molecule has 0 aromatic heterocycles. The first-order valence-corrected chi connectivity index (χ1v) is 6.48. The number of thiocarbonyl (C=S) groups is 1. The van der Waals surface area contributed by atoms with Gasteiger partial charge in [-0.15, -0.1) is 0 Å². The second kappa shape index (κ2) is 6.10. The highest BCUT2D eigenvalue weighted by Gasteiger charge is 2.27. The van der Waals surface area contributed by atoms with Crippen LogP contribution in [-0.2, 0) is 0 Å². The lowest BCUT2D eigenvalue weighted by molar-refractivity contribution is 0.0590. The number of hydrogen-bond donors (Lipinski definition) is 1. The smallest absolute Gasteiger partial charge is 0.254 e. The van der Waals surface area contributed by atoms with Crippen molar-refractivity contribution in [3.8, 4) is 0 Å². The molecule has 0 aliphatic heterocycles. The Balaban J connectivity index is 2.97. The summed E-state index contributed by atoms with van der Waals surface area (Å²) in [5.41, 5.74) is 5.43. The minimum atomic E-state index is -0.422. The van der Waals surface area contributed by atoms with Crippen LogP contribution in [0.5, 0.6) is 0 Å². The molecule has 5 heteroatoms. The number of nitrogens with two attached hydrogens (primary N) is 1. The zero-order chi connectivity index (χ0) is 14.6. The molecule has 0 fully saturated rings. The van der Waals surface area contributed by atoms with Crippen molar-refractivity contribution in [2.75, 3.05) is 6.54 Å². The van der Waals surface area contributed by atoms with E-state index in [0.717, 1.165) is 0 Å². The van der Waals surface area contributed by atoms with Gasteiger partial charge in [0.25, 0.3) is 5.91 Å². The Morgan fingerprint density at radius 2 is 2.05 bits per heavy atom. The fourth-order valence-electron chi connectivity index (χ4n) is 1.74. The molecule has 2 N–H and O–H groups in total. The Kier molecular flexibility index (Phi) is 5.00. The standard InChI is InChI=1S/C14H19FN2OS/c1-14(2,3)17(8-7-12(16)19)13(18)10-5-4-6-11(15)9-10/h4-6,9H,7-8H2,1-3H3,(H2,16,19). The van der Waals surface area contributed by atoms with Crippen LogP contribution in [0.25, 0.3) is 0 Å². The van der Waals surface area contributed by atoms with Gasteiger partial charge in [0.2, 0.25) is 0 Å². The molecule has 0 unspecified atom stereocenters. The van der Waals surface area contributed by atoms with Gasteiger partial charge >= 0.3 is 0 Å². The third kappa shape index (κ3) is 4.59. The third-order valence-electron chi connectivity index (χ3n) is 2.71. The number of halogens is 1. The Morgan fingerprint density at radius 1 is 1.42 bits per heavy atom. The number of hydrogen-bond acceptors (Lipinski definition) is 2. The van der Waals surface area contributed by atoms with Crippen LogP contribution in [0.3, 0.4) is 0 Å². The molecule has 0 saturated heterocycles. The molecule has 0 aliphatic rings. The van der Waals surface area contributed by atoms with E-state index in [-0.39, 0.29) is 11.4 Å². The van der Waals surface area contributed by atoms with Crippen molar-refractivity contribution in [1.29, 1.82) is 0 Å². The highest BCUT2D eigenvalue weighted by atomic mass is 32.1. The lowest BCUT2D eigenvalue weighted by atomic mass is 10.0. The summed E-state index contributed by atoms with van der Waals surface area (Å²) in [6, 6.07) is 5.68. The van der Waals surface area contributed by atoms with E-state index in [1.54, 1.807) is 11.0 Å². The number of benzene rings is 1. The summed E-state index contributed by atoms with van der Waals surface area (Å²) in [6.45, 7) is 6.19. The van der Waals surface area contributed by atoms with E-state index >= 15 is 0 Å². The van der Waals surface area contributed by atoms with E-state index in [4.69, 9.17) is 18.0 Å². The molecule has 0 saturated carbocycles. The maximum Gasteiger partial charge on any atom is 0.254 e. The molecule has 0 spiro atoms. The first-order valence-electron chi connectivity index (χ1n) is 6.07. The second-order valence-corrected chi connectivity index (χ2v) is 5.88. The zero-order valence-electron chi connectivity index (χ0n) is 11.4. The third-order valence-corrected chi connectivity index (χ3v) is 2.91. The van der Waals surface area contributed by atoms with E-state index in [1.807, 2.05) is 20.8 Å². The largest absolute Gasteiger partial charge is 0.393 e. The van der Waals surface area contributed by atoms with E-state index in [0.29, 0.717) is 23.5 Å². The second-order valence-electron chi connectivity index (χ2n) is 5.35. The first kappa shape index (κ1) is 15.6. The number of amides is 1. The minimum Gasteiger partial charge on any atom is -0.393 e. The van der Waals surface area contributed by atoms with Crippen molar-refractivity contribution in [2.45, 2.75) is 32.7 Å². The summed E-state index contributed by atoms with van der Waals surface area (Å²) in [5, 5.41) is 0. The van der Waals surface area contributed by atoms with Gasteiger partial charge in [-0.3, -0.25) is 4.79 Å². The van der Waals surface area contributed by atoms with Crippen molar-refractivity contribution < 1.29 is 9.18 Å². The highest BCUT2D eigenvalue weighted by Crippen LogP contribution is 2.18. The van der Waals surface area contributed by atoms with E-state index in [1.165, 1.54) is 18.2 Å². The van der Waals surface area contributed by atoms with Gasteiger partial charge in [-0.25, -0.2) is 4.39 Å². The monoisotopic (exact) mass is 282 g/mol. The molecular formula is C14H19FN2OS. The summed E-state index contributed by atoms with van der Waals surface area (Å²) < 4.78 is 13.2. The van der Waals surface area contributed by atoms with Crippen LogP contribution in [0.4, 0.5) is 4.39 Å². The highest BCUT2D eigenvalue weighted by molar-refractivity contribution is 7.80. The molecule has 19 heavy (non-hydrogen) atoms. The molecule has 1 aromatic carbocycles. The molecule has 1 amide bonds. The van der Waals surface area contributed by atoms with E-state index < -0.39 is 5.82 Å². The van der Waals surface area contributed by atoms with Gasteiger partial charge in [-0.1, -0.05) is 18.3 Å². The van der Waals surface area contributed by atoms with Crippen molar-refractivity contribution >= 4 is 23.1 Å². The number of nitrogens with zero attached hydrogens (tertiary/aromatic N) is 1. The molecule has 0 radical (unpaired) electrons. The maximum absolute atomic E-state index is 13.2. The van der Waals surface area contributed by atoms with Crippen molar-refractivity contribution in [2.24, 2.45) is 5.73 Å². The van der Waals surface area contributed by atoms with Crippen molar-refractivity contribution in [1.82, 2.24) is 4.90 Å². The SMILES string of the molecule is CC(C)(C)N(CCC(N)=S)C(=O)c1cccc(F)c1. The van der Waals surface area contributed by atoms with Gasteiger partial charge in [0.1, 0.15) is 5.82 Å².